The molecule has 1 atom stereocenters. The minimum Gasteiger partial charge on any atom is -0.490 e. The standard InChI is InChI=1S/C32H46N2O6S/c1-31(2,3)24-10-13-25(14-11-24)40-26-12-9-21-19-23(8-7-22(21)20-26)29(32(4,5)6)34(30(36)37)18-17-28(35)33-41(38,39)27-15-16-27/h7-9,12,19-20,24-25,27,29H,10-11,13-18H2,1-6H3,(H,33,35)(H,36,37). The molecule has 0 saturated heterocycles. The maximum absolute atomic E-state index is 12.4. The third kappa shape index (κ3) is 7.93. The van der Waals surface area contributed by atoms with Gasteiger partial charge in [0, 0.05) is 13.0 Å². The highest BCUT2D eigenvalue weighted by Gasteiger charge is 2.38. The Labute approximate surface area is 244 Å². The lowest BCUT2D eigenvalue weighted by atomic mass is 9.72. The van der Waals surface area contributed by atoms with Crippen molar-refractivity contribution in [3.63, 3.8) is 0 Å². The molecule has 1 unspecified atom stereocenters. The van der Waals surface area contributed by atoms with Gasteiger partial charge in [-0.1, -0.05) is 59.7 Å². The molecule has 4 rings (SSSR count). The Morgan fingerprint density at radius 2 is 1.56 bits per heavy atom. The minimum absolute atomic E-state index is 0.119. The molecule has 2 fully saturated rings. The number of rotatable bonds is 9. The lowest BCUT2D eigenvalue weighted by molar-refractivity contribution is -0.119. The van der Waals surface area contributed by atoms with Crippen LogP contribution in [0.5, 0.6) is 5.75 Å². The third-order valence-corrected chi connectivity index (χ3v) is 10.4. The zero-order chi connectivity index (χ0) is 30.2. The summed E-state index contributed by atoms with van der Waals surface area (Å²) in [6.45, 7) is 12.7. The van der Waals surface area contributed by atoms with Crippen LogP contribution in [0.3, 0.4) is 0 Å². The maximum Gasteiger partial charge on any atom is 0.407 e. The van der Waals surface area contributed by atoms with Crippen molar-refractivity contribution in [2.24, 2.45) is 16.7 Å². The summed E-state index contributed by atoms with van der Waals surface area (Å²) in [5.74, 6) is 0.883. The van der Waals surface area contributed by atoms with Gasteiger partial charge in [0.05, 0.1) is 17.4 Å². The molecule has 0 aliphatic heterocycles. The van der Waals surface area contributed by atoms with Crippen LogP contribution < -0.4 is 9.46 Å². The smallest absolute Gasteiger partial charge is 0.407 e. The van der Waals surface area contributed by atoms with Gasteiger partial charge in [-0.15, -0.1) is 0 Å². The number of carboxylic acid groups (broad SMARTS) is 1. The van der Waals surface area contributed by atoms with Crippen molar-refractivity contribution in [3.05, 3.63) is 42.0 Å². The van der Waals surface area contributed by atoms with Gasteiger partial charge in [-0.2, -0.15) is 0 Å². The van der Waals surface area contributed by atoms with E-state index in [2.05, 4.69) is 25.5 Å². The van der Waals surface area contributed by atoms with Gasteiger partial charge in [0.1, 0.15) is 5.75 Å². The Balaban J connectivity index is 1.48. The Bertz CT molecular complexity index is 1360. The van der Waals surface area contributed by atoms with Crippen molar-refractivity contribution in [2.45, 2.75) is 104 Å². The van der Waals surface area contributed by atoms with Crippen LogP contribution in [0.15, 0.2) is 36.4 Å². The van der Waals surface area contributed by atoms with Crippen LogP contribution in [-0.4, -0.2) is 48.3 Å². The van der Waals surface area contributed by atoms with Crippen molar-refractivity contribution in [1.29, 1.82) is 0 Å². The average Bonchev–Trinajstić information content (AvgIpc) is 3.71. The molecule has 9 heteroatoms. The molecule has 2 aromatic rings. The number of carbonyl (C=O) groups excluding carboxylic acids is 1. The first kappa shape index (κ1) is 31.1. The van der Waals surface area contributed by atoms with Crippen LogP contribution in [0, 0.1) is 16.7 Å². The minimum atomic E-state index is -3.68. The van der Waals surface area contributed by atoms with E-state index in [1.807, 2.05) is 57.2 Å². The number of nitrogens with zero attached hydrogens (tertiary/aromatic N) is 1. The molecule has 2 aliphatic rings. The van der Waals surface area contributed by atoms with Gasteiger partial charge in [-0.25, -0.2) is 13.2 Å². The molecule has 2 saturated carbocycles. The zero-order valence-corrected chi connectivity index (χ0v) is 26.1. The summed E-state index contributed by atoms with van der Waals surface area (Å²) in [7, 11) is -3.68. The molecule has 8 nitrogen and oxygen atoms in total. The lowest BCUT2D eigenvalue weighted by Crippen LogP contribution is -2.43. The fourth-order valence-corrected chi connectivity index (χ4v) is 7.44. The number of carbonyl (C=O) groups is 2. The van der Waals surface area contributed by atoms with Gasteiger partial charge in [-0.05, 0) is 89.8 Å². The maximum atomic E-state index is 12.4. The largest absolute Gasteiger partial charge is 0.490 e. The third-order valence-electron chi connectivity index (χ3n) is 8.53. The van der Waals surface area contributed by atoms with Crippen molar-refractivity contribution in [3.8, 4) is 5.75 Å². The van der Waals surface area contributed by atoms with Crippen LogP contribution >= 0.6 is 0 Å². The second-order valence-corrected chi connectivity index (χ2v) is 16.0. The summed E-state index contributed by atoms with van der Waals surface area (Å²) in [6.07, 6.45) is 4.38. The lowest BCUT2D eigenvalue weighted by Gasteiger charge is -2.39. The van der Waals surface area contributed by atoms with E-state index in [0.29, 0.717) is 18.3 Å². The van der Waals surface area contributed by atoms with Gasteiger partial charge in [0.2, 0.25) is 15.9 Å². The fourth-order valence-electron chi connectivity index (χ4n) is 6.10. The number of fused-ring (bicyclic) bond motifs is 1. The van der Waals surface area contributed by atoms with Gasteiger partial charge in [0.25, 0.3) is 0 Å². The van der Waals surface area contributed by atoms with E-state index in [1.54, 1.807) is 0 Å². The number of sulfonamides is 1. The van der Waals surface area contributed by atoms with Gasteiger partial charge >= 0.3 is 6.09 Å². The summed E-state index contributed by atoms with van der Waals surface area (Å²) >= 11 is 0. The van der Waals surface area contributed by atoms with E-state index < -0.39 is 38.7 Å². The molecule has 226 valence electrons. The second-order valence-electron chi connectivity index (χ2n) is 14.0. The number of hydrogen-bond donors (Lipinski definition) is 2. The normalized spacial score (nSPS) is 20.8. The summed E-state index contributed by atoms with van der Waals surface area (Å²) in [4.78, 5) is 26.1. The van der Waals surface area contributed by atoms with Crippen molar-refractivity contribution in [2.75, 3.05) is 6.54 Å². The molecular formula is C32H46N2O6S. The number of ether oxygens (including phenoxy) is 1. The van der Waals surface area contributed by atoms with Crippen LogP contribution in [-0.2, 0) is 14.8 Å². The summed E-state index contributed by atoms with van der Waals surface area (Å²) in [6, 6.07) is 11.4. The highest BCUT2D eigenvalue weighted by molar-refractivity contribution is 7.90. The predicted octanol–water partition coefficient (Wildman–Crippen LogP) is 6.89. The Morgan fingerprint density at radius 1 is 0.951 bits per heavy atom. The highest BCUT2D eigenvalue weighted by Crippen LogP contribution is 2.41. The van der Waals surface area contributed by atoms with Crippen LogP contribution in [0.2, 0.25) is 0 Å². The molecule has 0 spiro atoms. The highest BCUT2D eigenvalue weighted by atomic mass is 32.2. The van der Waals surface area contributed by atoms with E-state index in [9.17, 15) is 23.1 Å². The van der Waals surface area contributed by atoms with E-state index in [-0.39, 0.29) is 19.1 Å². The Morgan fingerprint density at radius 3 is 2.12 bits per heavy atom. The van der Waals surface area contributed by atoms with Gasteiger partial charge < -0.3 is 14.7 Å². The molecule has 2 N–H and O–H groups in total. The molecule has 0 heterocycles. The summed E-state index contributed by atoms with van der Waals surface area (Å²) in [5.41, 5.74) is 0.653. The van der Waals surface area contributed by atoms with Gasteiger partial charge in [-0.3, -0.25) is 9.52 Å². The molecule has 0 aromatic heterocycles. The van der Waals surface area contributed by atoms with E-state index in [1.165, 1.54) is 17.7 Å². The monoisotopic (exact) mass is 586 g/mol. The average molecular weight is 587 g/mol. The Hall–Kier alpha value is -2.81. The van der Waals surface area contributed by atoms with Crippen LogP contribution in [0.4, 0.5) is 4.79 Å². The molecule has 2 aliphatic carbocycles. The van der Waals surface area contributed by atoms with Crippen molar-refractivity contribution < 1.29 is 27.9 Å². The number of nitrogens with one attached hydrogen (secondary N) is 1. The first-order chi connectivity index (χ1) is 19.0. The van der Waals surface area contributed by atoms with E-state index in [4.69, 9.17) is 4.74 Å². The summed E-state index contributed by atoms with van der Waals surface area (Å²) in [5, 5.41) is 11.6. The van der Waals surface area contributed by atoms with Gasteiger partial charge in [0.15, 0.2) is 0 Å². The predicted molar refractivity (Wildman–Crippen MR) is 161 cm³/mol. The molecule has 2 amide bonds. The number of amides is 2. The van der Waals surface area contributed by atoms with Crippen molar-refractivity contribution >= 4 is 32.8 Å². The van der Waals surface area contributed by atoms with Crippen molar-refractivity contribution in [1.82, 2.24) is 9.62 Å². The second kappa shape index (κ2) is 11.8. The Kier molecular flexibility index (Phi) is 8.98. The zero-order valence-electron chi connectivity index (χ0n) is 25.3. The molecule has 0 bridgehead atoms. The van der Waals surface area contributed by atoms with Crippen LogP contribution in [0.25, 0.3) is 10.8 Å². The first-order valence-electron chi connectivity index (χ1n) is 14.8. The summed E-state index contributed by atoms with van der Waals surface area (Å²) < 4.78 is 32.7. The quantitative estimate of drug-likeness (QED) is 0.331. The van der Waals surface area contributed by atoms with E-state index >= 15 is 0 Å². The molecular weight excluding hydrogens is 540 g/mol. The topological polar surface area (TPSA) is 113 Å². The number of hydrogen-bond acceptors (Lipinski definition) is 5. The SMILES string of the molecule is CC(C)(C)C1CCC(Oc2ccc3cc(C(N(CCC(=O)NS(=O)(=O)C4CC4)C(=O)O)C(C)(C)C)ccc3c2)CC1. The molecule has 0 radical (unpaired) electrons. The fraction of sp³-hybridized carbons (Fsp3) is 0.625. The number of benzene rings is 2. The first-order valence-corrected chi connectivity index (χ1v) is 16.3. The van der Waals surface area contributed by atoms with Crippen LogP contribution in [0.1, 0.15) is 98.1 Å². The van der Waals surface area contributed by atoms with E-state index in [0.717, 1.165) is 40.8 Å². The molecule has 41 heavy (non-hydrogen) atoms. The molecule has 2 aromatic carbocycles.